The zero-order valence-electron chi connectivity index (χ0n) is 13.0. The Balaban J connectivity index is 1.79. The maximum absolute atomic E-state index is 12.3. The molecule has 0 aliphatic carbocycles. The van der Waals surface area contributed by atoms with Gasteiger partial charge in [-0.05, 0) is 48.9 Å². The van der Waals surface area contributed by atoms with Crippen molar-refractivity contribution in [2.75, 3.05) is 12.4 Å². The van der Waals surface area contributed by atoms with Crippen LogP contribution in [0.1, 0.15) is 5.56 Å². The Hall–Kier alpha value is -2.46. The number of aryl methyl sites for hydroxylation is 1. The molecule has 1 N–H and O–H groups in total. The van der Waals surface area contributed by atoms with Crippen LogP contribution in [0.5, 0.6) is 5.75 Å². The number of halogens is 1. The third-order valence-corrected chi connectivity index (χ3v) is 4.00. The summed E-state index contributed by atoms with van der Waals surface area (Å²) in [5.74, 6) is 0.706. The minimum absolute atomic E-state index is 0.0938. The highest BCUT2D eigenvalue weighted by atomic mass is 35.5. The second-order valence-electron chi connectivity index (χ2n) is 5.38. The number of ether oxygens (including phenoxy) is 1. The molecule has 0 saturated heterocycles. The van der Waals surface area contributed by atoms with E-state index in [2.05, 4.69) is 5.32 Å². The summed E-state index contributed by atoms with van der Waals surface area (Å²) in [6.45, 7) is 2.17. The van der Waals surface area contributed by atoms with Crippen LogP contribution in [-0.2, 0) is 11.3 Å². The minimum Gasteiger partial charge on any atom is -0.497 e. The number of hydrogen-bond donors (Lipinski definition) is 1. The summed E-state index contributed by atoms with van der Waals surface area (Å²) in [4.78, 5) is 12.3. The van der Waals surface area contributed by atoms with Gasteiger partial charge in [0.25, 0.3) is 0 Å². The molecule has 0 spiro atoms. The van der Waals surface area contributed by atoms with Crippen molar-refractivity contribution in [1.29, 1.82) is 0 Å². The standard InChI is InChI=1S/C18H17ClN2O2/c1-12-3-4-14(19)10-16(12)20-18(22)11-21-8-7-13-9-15(23-2)5-6-17(13)21/h3-10H,11H2,1-2H3,(H,20,22). The molecule has 0 atom stereocenters. The largest absolute Gasteiger partial charge is 0.497 e. The van der Waals surface area contributed by atoms with Crippen LogP contribution in [0.3, 0.4) is 0 Å². The number of benzene rings is 2. The Bertz CT molecular complexity index is 871. The Morgan fingerprint density at radius 3 is 2.83 bits per heavy atom. The number of anilines is 1. The number of carbonyl (C=O) groups excluding carboxylic acids is 1. The lowest BCUT2D eigenvalue weighted by Crippen LogP contribution is -2.18. The average Bonchev–Trinajstić information content (AvgIpc) is 2.93. The van der Waals surface area contributed by atoms with E-state index in [1.807, 2.05) is 48.0 Å². The summed E-state index contributed by atoms with van der Waals surface area (Å²) in [7, 11) is 1.64. The van der Waals surface area contributed by atoms with Crippen molar-refractivity contribution in [2.45, 2.75) is 13.5 Å². The fourth-order valence-electron chi connectivity index (χ4n) is 2.52. The number of hydrogen-bond acceptors (Lipinski definition) is 2. The van der Waals surface area contributed by atoms with Gasteiger partial charge in [0.05, 0.1) is 7.11 Å². The van der Waals surface area contributed by atoms with E-state index in [4.69, 9.17) is 16.3 Å². The third kappa shape index (κ3) is 3.32. The van der Waals surface area contributed by atoms with Crippen LogP contribution in [0.4, 0.5) is 5.69 Å². The van der Waals surface area contributed by atoms with Crippen molar-refractivity contribution in [1.82, 2.24) is 4.57 Å². The van der Waals surface area contributed by atoms with Gasteiger partial charge in [0.15, 0.2) is 0 Å². The summed E-state index contributed by atoms with van der Waals surface area (Å²) < 4.78 is 7.12. The number of fused-ring (bicyclic) bond motifs is 1. The molecule has 1 amide bonds. The molecule has 1 heterocycles. The van der Waals surface area contributed by atoms with E-state index in [0.717, 1.165) is 27.9 Å². The Morgan fingerprint density at radius 1 is 1.22 bits per heavy atom. The molecule has 3 rings (SSSR count). The maximum Gasteiger partial charge on any atom is 0.244 e. The summed E-state index contributed by atoms with van der Waals surface area (Å²) in [6.07, 6.45) is 1.90. The first-order valence-corrected chi connectivity index (χ1v) is 7.63. The second-order valence-corrected chi connectivity index (χ2v) is 5.81. The lowest BCUT2D eigenvalue weighted by Gasteiger charge is -2.10. The van der Waals surface area contributed by atoms with Crippen LogP contribution < -0.4 is 10.1 Å². The second kappa shape index (κ2) is 6.34. The average molecular weight is 329 g/mol. The topological polar surface area (TPSA) is 43.3 Å². The predicted molar refractivity (Wildman–Crippen MR) is 93.3 cm³/mol. The molecule has 0 radical (unpaired) electrons. The number of aromatic nitrogens is 1. The fourth-order valence-corrected chi connectivity index (χ4v) is 2.69. The van der Waals surface area contributed by atoms with Crippen LogP contribution in [-0.4, -0.2) is 17.6 Å². The van der Waals surface area contributed by atoms with Gasteiger partial charge < -0.3 is 14.6 Å². The van der Waals surface area contributed by atoms with Crippen LogP contribution >= 0.6 is 11.6 Å². The van der Waals surface area contributed by atoms with E-state index in [0.29, 0.717) is 5.02 Å². The molecule has 0 fully saturated rings. The zero-order valence-corrected chi connectivity index (χ0v) is 13.7. The van der Waals surface area contributed by atoms with Crippen molar-refractivity contribution in [2.24, 2.45) is 0 Å². The quantitative estimate of drug-likeness (QED) is 0.778. The lowest BCUT2D eigenvalue weighted by atomic mass is 10.2. The first kappa shape index (κ1) is 15.4. The van der Waals surface area contributed by atoms with E-state index in [9.17, 15) is 4.79 Å². The normalized spacial score (nSPS) is 10.7. The number of methoxy groups -OCH3 is 1. The molecular formula is C18H17ClN2O2. The van der Waals surface area contributed by atoms with Crippen molar-refractivity contribution in [3.8, 4) is 5.75 Å². The molecule has 118 valence electrons. The highest BCUT2D eigenvalue weighted by molar-refractivity contribution is 6.31. The molecule has 0 aliphatic rings. The number of rotatable bonds is 4. The van der Waals surface area contributed by atoms with E-state index in [-0.39, 0.29) is 12.5 Å². The van der Waals surface area contributed by atoms with Gasteiger partial charge in [-0.15, -0.1) is 0 Å². The first-order valence-electron chi connectivity index (χ1n) is 7.26. The molecular weight excluding hydrogens is 312 g/mol. The van der Waals surface area contributed by atoms with Crippen LogP contribution in [0.25, 0.3) is 10.9 Å². The summed E-state index contributed by atoms with van der Waals surface area (Å²) in [5, 5.41) is 4.55. The smallest absolute Gasteiger partial charge is 0.244 e. The Morgan fingerprint density at radius 2 is 2.04 bits per heavy atom. The van der Waals surface area contributed by atoms with Crippen molar-refractivity contribution in [3.05, 3.63) is 59.2 Å². The number of amides is 1. The molecule has 23 heavy (non-hydrogen) atoms. The van der Waals surface area contributed by atoms with Crippen molar-refractivity contribution >= 4 is 34.1 Å². The summed E-state index contributed by atoms with van der Waals surface area (Å²) >= 11 is 5.98. The van der Waals surface area contributed by atoms with Gasteiger partial charge in [0, 0.05) is 27.8 Å². The number of carbonyl (C=O) groups is 1. The van der Waals surface area contributed by atoms with E-state index in [1.54, 1.807) is 19.2 Å². The lowest BCUT2D eigenvalue weighted by molar-refractivity contribution is -0.116. The summed E-state index contributed by atoms with van der Waals surface area (Å²) in [5.41, 5.74) is 2.70. The maximum atomic E-state index is 12.3. The number of nitrogens with zero attached hydrogens (tertiary/aromatic N) is 1. The molecule has 0 bridgehead atoms. The highest BCUT2D eigenvalue weighted by Gasteiger charge is 2.09. The molecule has 0 unspecified atom stereocenters. The molecule has 3 aromatic rings. The van der Waals surface area contributed by atoms with Gasteiger partial charge in [-0.1, -0.05) is 17.7 Å². The molecule has 4 nitrogen and oxygen atoms in total. The van der Waals surface area contributed by atoms with Gasteiger partial charge in [-0.25, -0.2) is 0 Å². The van der Waals surface area contributed by atoms with Crippen LogP contribution in [0.15, 0.2) is 48.7 Å². The van der Waals surface area contributed by atoms with E-state index in [1.165, 1.54) is 0 Å². The fraction of sp³-hybridized carbons (Fsp3) is 0.167. The first-order chi connectivity index (χ1) is 11.1. The Labute approximate surface area is 139 Å². The van der Waals surface area contributed by atoms with Crippen LogP contribution in [0, 0.1) is 6.92 Å². The van der Waals surface area contributed by atoms with Crippen LogP contribution in [0.2, 0.25) is 5.02 Å². The van der Waals surface area contributed by atoms with E-state index < -0.39 is 0 Å². The Kier molecular flexibility index (Phi) is 4.26. The van der Waals surface area contributed by atoms with E-state index >= 15 is 0 Å². The van der Waals surface area contributed by atoms with Gasteiger partial charge in [0.1, 0.15) is 12.3 Å². The van der Waals surface area contributed by atoms with Gasteiger partial charge >= 0.3 is 0 Å². The molecule has 2 aromatic carbocycles. The summed E-state index contributed by atoms with van der Waals surface area (Å²) in [6, 6.07) is 13.2. The SMILES string of the molecule is COc1ccc2c(ccn2CC(=O)Nc2cc(Cl)ccc2C)c1. The third-order valence-electron chi connectivity index (χ3n) is 3.77. The van der Waals surface area contributed by atoms with Gasteiger partial charge in [0.2, 0.25) is 5.91 Å². The molecule has 1 aromatic heterocycles. The van der Waals surface area contributed by atoms with Gasteiger partial charge in [-0.2, -0.15) is 0 Å². The molecule has 5 heteroatoms. The van der Waals surface area contributed by atoms with Crippen molar-refractivity contribution < 1.29 is 9.53 Å². The number of nitrogens with one attached hydrogen (secondary N) is 1. The van der Waals surface area contributed by atoms with Gasteiger partial charge in [-0.3, -0.25) is 4.79 Å². The molecule has 0 saturated carbocycles. The highest BCUT2D eigenvalue weighted by Crippen LogP contribution is 2.23. The molecule has 0 aliphatic heterocycles. The predicted octanol–water partition coefficient (Wildman–Crippen LogP) is 4.25. The monoisotopic (exact) mass is 328 g/mol. The minimum atomic E-state index is -0.0938. The zero-order chi connectivity index (χ0) is 16.4. The van der Waals surface area contributed by atoms with Crippen molar-refractivity contribution in [3.63, 3.8) is 0 Å².